The van der Waals surface area contributed by atoms with E-state index in [1.165, 1.54) is 0 Å². The molecule has 0 aromatic heterocycles. The highest BCUT2D eigenvalue weighted by molar-refractivity contribution is 5.84. The molecule has 0 aliphatic heterocycles. The van der Waals surface area contributed by atoms with Gasteiger partial charge in [-0.2, -0.15) is 31.6 Å². The van der Waals surface area contributed by atoms with Gasteiger partial charge in [-0.3, -0.25) is 4.79 Å². The number of carbonyl (C=O) groups excluding carboxylic acids is 3. The zero-order valence-electron chi connectivity index (χ0n) is 18.5. The lowest BCUT2D eigenvalue weighted by Gasteiger charge is -2.17. The second-order valence-electron chi connectivity index (χ2n) is 7.57. The number of primary amides is 1. The minimum Gasteiger partial charge on any atom is -0.440 e. The molecule has 3 amide bonds. The predicted molar refractivity (Wildman–Crippen MR) is 102 cm³/mol. The molecule has 0 saturated carbocycles. The molecule has 33 heavy (non-hydrogen) atoms. The van der Waals surface area contributed by atoms with Crippen LogP contribution in [0.3, 0.4) is 0 Å². The normalized spacial score (nSPS) is 13.2. The Morgan fingerprint density at radius 1 is 0.848 bits per heavy atom. The van der Waals surface area contributed by atoms with Gasteiger partial charge in [-0.25, -0.2) is 9.59 Å². The Balaban J connectivity index is 0. The molecule has 0 spiro atoms. The van der Waals surface area contributed by atoms with E-state index in [0.717, 1.165) is 0 Å². The predicted octanol–water partition coefficient (Wildman–Crippen LogP) is 3.39. The average molecular weight is 494 g/mol. The summed E-state index contributed by atoms with van der Waals surface area (Å²) in [6, 6.07) is -0.0961. The number of amides is 3. The Morgan fingerprint density at radius 3 is 1.55 bits per heavy atom. The Labute approximate surface area is 186 Å². The van der Waals surface area contributed by atoms with Crippen LogP contribution in [0.2, 0.25) is 0 Å². The number of nitrogens with zero attached hydrogens (tertiary/aromatic N) is 1. The number of nitriles is 1. The lowest BCUT2D eigenvalue weighted by molar-refractivity contribution is -0.160. The molecule has 4 N–H and O–H groups in total. The number of alkyl carbamates (subject to hydrolysis) is 2. The Kier molecular flexibility index (Phi) is 14.7. The van der Waals surface area contributed by atoms with Gasteiger partial charge in [0.1, 0.15) is 12.1 Å². The van der Waals surface area contributed by atoms with Crippen molar-refractivity contribution >= 4 is 18.1 Å². The summed E-state index contributed by atoms with van der Waals surface area (Å²) in [5.74, 6) is -0.620. The van der Waals surface area contributed by atoms with Gasteiger partial charge in [-0.05, 0) is 24.7 Å². The largest absolute Gasteiger partial charge is 0.440 e. The fourth-order valence-corrected chi connectivity index (χ4v) is 2.00. The first-order valence-electron chi connectivity index (χ1n) is 9.55. The smallest absolute Gasteiger partial charge is 0.422 e. The van der Waals surface area contributed by atoms with Crippen molar-refractivity contribution in [2.24, 2.45) is 17.6 Å². The molecule has 0 saturated heterocycles. The van der Waals surface area contributed by atoms with Crippen molar-refractivity contribution in [3.05, 3.63) is 0 Å². The summed E-state index contributed by atoms with van der Waals surface area (Å²) in [7, 11) is 0. The van der Waals surface area contributed by atoms with Crippen LogP contribution in [0, 0.1) is 23.2 Å². The molecule has 0 heterocycles. The molecule has 0 unspecified atom stereocenters. The SMILES string of the molecule is CC(C)C[C@@H](C#N)NC(=O)OCC(F)(F)F.CC(C)C[C@H](NC(=O)OCC(F)(F)F)C(N)=O. The third-order valence-electron chi connectivity index (χ3n) is 3.23. The summed E-state index contributed by atoms with van der Waals surface area (Å²) < 4.78 is 78.0. The molecule has 0 bridgehead atoms. The maximum Gasteiger partial charge on any atom is 0.422 e. The molecule has 0 radical (unpaired) electrons. The second-order valence-corrected chi connectivity index (χ2v) is 7.57. The van der Waals surface area contributed by atoms with Gasteiger partial charge in [-0.15, -0.1) is 0 Å². The number of hydrogen-bond donors (Lipinski definition) is 3. The quantitative estimate of drug-likeness (QED) is 0.419. The first-order valence-corrected chi connectivity index (χ1v) is 9.55. The van der Waals surface area contributed by atoms with Crippen LogP contribution in [-0.2, 0) is 14.3 Å². The number of nitrogens with one attached hydrogen (secondary N) is 2. The highest BCUT2D eigenvalue weighted by Gasteiger charge is 2.31. The number of hydrogen-bond acceptors (Lipinski definition) is 6. The van der Waals surface area contributed by atoms with Crippen LogP contribution in [0.15, 0.2) is 0 Å². The zero-order chi connectivity index (χ0) is 26.4. The number of halogens is 6. The van der Waals surface area contributed by atoms with Crippen LogP contribution in [0.25, 0.3) is 0 Å². The van der Waals surface area contributed by atoms with E-state index in [4.69, 9.17) is 11.0 Å². The Hall–Kier alpha value is -2.92. The first kappa shape index (κ1) is 32.3. The number of carbonyl (C=O) groups is 3. The van der Waals surface area contributed by atoms with Crippen molar-refractivity contribution in [2.45, 2.75) is 65.0 Å². The second kappa shape index (κ2) is 15.0. The Bertz CT molecular complexity index is 662. The van der Waals surface area contributed by atoms with Crippen molar-refractivity contribution in [1.29, 1.82) is 5.26 Å². The van der Waals surface area contributed by atoms with E-state index in [0.29, 0.717) is 6.42 Å². The van der Waals surface area contributed by atoms with Gasteiger partial charge in [-0.1, -0.05) is 27.7 Å². The average Bonchev–Trinajstić information content (AvgIpc) is 2.62. The number of nitrogens with two attached hydrogens (primary N) is 1. The number of alkyl halides is 6. The maximum absolute atomic E-state index is 11.7. The highest BCUT2D eigenvalue weighted by atomic mass is 19.4. The first-order chi connectivity index (χ1) is 14.9. The minimum atomic E-state index is -4.60. The highest BCUT2D eigenvalue weighted by Crippen LogP contribution is 2.15. The van der Waals surface area contributed by atoms with Gasteiger partial charge in [0.2, 0.25) is 5.91 Å². The van der Waals surface area contributed by atoms with E-state index in [2.05, 4.69) is 9.47 Å². The van der Waals surface area contributed by atoms with E-state index in [9.17, 15) is 40.7 Å². The van der Waals surface area contributed by atoms with Crippen LogP contribution in [0.1, 0.15) is 40.5 Å². The van der Waals surface area contributed by atoms with Crippen molar-refractivity contribution in [1.82, 2.24) is 10.6 Å². The van der Waals surface area contributed by atoms with Gasteiger partial charge in [0.25, 0.3) is 0 Å². The van der Waals surface area contributed by atoms with Crippen LogP contribution < -0.4 is 16.4 Å². The summed E-state index contributed by atoms with van der Waals surface area (Å²) in [6.45, 7) is 3.85. The number of ether oxygens (including phenoxy) is 2. The van der Waals surface area contributed by atoms with E-state index in [1.54, 1.807) is 19.9 Å². The minimum absolute atomic E-state index is 0.0513. The lowest BCUT2D eigenvalue weighted by atomic mass is 10.0. The molecule has 2 atom stereocenters. The zero-order valence-corrected chi connectivity index (χ0v) is 18.5. The fraction of sp³-hybridized carbons (Fsp3) is 0.778. The molecule has 0 aliphatic rings. The van der Waals surface area contributed by atoms with Gasteiger partial charge >= 0.3 is 24.5 Å². The third kappa shape index (κ3) is 22.1. The summed E-state index contributed by atoms with van der Waals surface area (Å²) in [5, 5.41) is 12.6. The molecule has 0 aromatic carbocycles. The fourth-order valence-electron chi connectivity index (χ4n) is 2.00. The third-order valence-corrected chi connectivity index (χ3v) is 3.23. The number of rotatable bonds is 9. The summed E-state index contributed by atoms with van der Waals surface area (Å²) in [6.07, 6.45) is -11.1. The molecular formula is C18H28F6N4O5. The maximum atomic E-state index is 11.7. The van der Waals surface area contributed by atoms with Crippen LogP contribution in [0.5, 0.6) is 0 Å². The molecule has 0 aromatic rings. The summed E-state index contributed by atoms with van der Waals surface area (Å²) in [4.78, 5) is 32.7. The monoisotopic (exact) mass is 494 g/mol. The van der Waals surface area contributed by atoms with Gasteiger partial charge < -0.3 is 25.8 Å². The van der Waals surface area contributed by atoms with Crippen molar-refractivity contribution < 1.29 is 50.2 Å². The molecule has 0 aliphatic carbocycles. The lowest BCUT2D eigenvalue weighted by Crippen LogP contribution is -2.45. The topological polar surface area (TPSA) is 144 Å². The standard InChI is InChI=1S/C9H15F3N2O3.C9H13F3N2O2/c1-5(2)3-6(7(13)15)14-8(16)17-4-9(10,11)12;1-6(2)3-7(4-13)14-8(15)16-5-9(10,11)12/h5-6H,3-4H2,1-2H3,(H2,13,15)(H,14,16);6-7H,3,5H2,1-2H3,(H,14,15)/t6-;7-/m00/s1. The molecule has 0 rings (SSSR count). The summed E-state index contributed by atoms with van der Waals surface area (Å²) >= 11 is 0. The van der Waals surface area contributed by atoms with E-state index >= 15 is 0 Å². The van der Waals surface area contributed by atoms with E-state index in [-0.39, 0.29) is 18.3 Å². The van der Waals surface area contributed by atoms with E-state index < -0.39 is 55.7 Å². The van der Waals surface area contributed by atoms with E-state index in [1.807, 2.05) is 24.5 Å². The van der Waals surface area contributed by atoms with Crippen molar-refractivity contribution in [2.75, 3.05) is 13.2 Å². The van der Waals surface area contributed by atoms with Gasteiger partial charge in [0.15, 0.2) is 13.2 Å². The van der Waals surface area contributed by atoms with Crippen molar-refractivity contribution in [3.8, 4) is 6.07 Å². The molecular weight excluding hydrogens is 466 g/mol. The molecule has 15 heteroatoms. The Morgan fingerprint density at radius 2 is 1.24 bits per heavy atom. The van der Waals surface area contributed by atoms with Gasteiger partial charge in [0, 0.05) is 0 Å². The van der Waals surface area contributed by atoms with Crippen LogP contribution >= 0.6 is 0 Å². The van der Waals surface area contributed by atoms with Crippen LogP contribution in [-0.4, -0.2) is 55.7 Å². The van der Waals surface area contributed by atoms with Crippen molar-refractivity contribution in [3.63, 3.8) is 0 Å². The summed E-state index contributed by atoms with van der Waals surface area (Å²) in [5.41, 5.74) is 4.98. The molecule has 0 fully saturated rings. The molecule has 9 nitrogen and oxygen atoms in total. The van der Waals surface area contributed by atoms with Gasteiger partial charge in [0.05, 0.1) is 6.07 Å². The van der Waals surface area contributed by atoms with Crippen LogP contribution in [0.4, 0.5) is 35.9 Å². The molecule has 192 valence electrons.